The van der Waals surface area contributed by atoms with Gasteiger partial charge in [0.1, 0.15) is 11.4 Å². The molecule has 0 aliphatic heterocycles. The Morgan fingerprint density at radius 3 is 2.58 bits per heavy atom. The minimum absolute atomic E-state index is 0.0170. The van der Waals surface area contributed by atoms with E-state index >= 15 is 0 Å². The van der Waals surface area contributed by atoms with Gasteiger partial charge >= 0.3 is 0 Å². The summed E-state index contributed by atoms with van der Waals surface area (Å²) in [7, 11) is -3.84. The predicted molar refractivity (Wildman–Crippen MR) is 69.9 cm³/mol. The number of hydrogen-bond donors (Lipinski definition) is 2. The van der Waals surface area contributed by atoms with Crippen LogP contribution in [0.4, 0.5) is 5.69 Å². The average molecular weight is 303 g/mol. The zero-order chi connectivity index (χ0) is 14.2. The summed E-state index contributed by atoms with van der Waals surface area (Å²) in [6.07, 6.45) is 0. The number of aromatic nitrogens is 1. The number of phenols is 1. The molecule has 6 nitrogen and oxygen atoms in total. The number of hydrogen-bond acceptors (Lipinski definition) is 5. The largest absolute Gasteiger partial charge is 0.508 e. The fraction of sp³-hybridized carbons (Fsp3) is 0.182. The van der Waals surface area contributed by atoms with Crippen molar-refractivity contribution in [3.8, 4) is 5.75 Å². The van der Waals surface area contributed by atoms with Crippen LogP contribution in [0.15, 0.2) is 27.6 Å². The number of aryl methyl sites for hydroxylation is 2. The molecule has 0 saturated carbocycles. The van der Waals surface area contributed by atoms with Gasteiger partial charge in [0.15, 0.2) is 10.7 Å². The molecule has 0 spiro atoms. The van der Waals surface area contributed by atoms with Crippen LogP contribution in [0.5, 0.6) is 5.75 Å². The van der Waals surface area contributed by atoms with E-state index in [0.717, 1.165) is 0 Å². The molecule has 8 heteroatoms. The SMILES string of the molecule is Cc1noc(C)c1S(=O)(=O)Nc1ccc(O)cc1Cl. The van der Waals surface area contributed by atoms with Gasteiger partial charge in [-0.1, -0.05) is 16.8 Å². The lowest BCUT2D eigenvalue weighted by atomic mass is 10.3. The maximum Gasteiger partial charge on any atom is 0.267 e. The monoisotopic (exact) mass is 302 g/mol. The smallest absolute Gasteiger partial charge is 0.267 e. The first-order valence-electron chi connectivity index (χ1n) is 5.25. The van der Waals surface area contributed by atoms with Gasteiger partial charge in [-0.3, -0.25) is 4.72 Å². The maximum atomic E-state index is 12.2. The van der Waals surface area contributed by atoms with Crippen molar-refractivity contribution in [3.05, 3.63) is 34.7 Å². The highest BCUT2D eigenvalue weighted by Crippen LogP contribution is 2.29. The summed E-state index contributed by atoms with van der Waals surface area (Å²) in [4.78, 5) is -0.0170. The second-order valence-corrected chi connectivity index (χ2v) is 5.95. The number of nitrogens with one attached hydrogen (secondary N) is 1. The highest BCUT2D eigenvalue weighted by Gasteiger charge is 2.24. The van der Waals surface area contributed by atoms with E-state index < -0.39 is 10.0 Å². The molecule has 0 saturated heterocycles. The van der Waals surface area contributed by atoms with Gasteiger partial charge in [-0.15, -0.1) is 0 Å². The minimum atomic E-state index is -3.84. The van der Waals surface area contributed by atoms with Gasteiger partial charge in [-0.05, 0) is 26.0 Å². The van der Waals surface area contributed by atoms with Gasteiger partial charge in [0.05, 0.1) is 10.7 Å². The van der Waals surface area contributed by atoms with E-state index in [1.165, 1.54) is 32.0 Å². The zero-order valence-corrected chi connectivity index (χ0v) is 11.7. The lowest BCUT2D eigenvalue weighted by molar-refractivity contribution is 0.390. The number of rotatable bonds is 3. The molecule has 0 aliphatic carbocycles. The zero-order valence-electron chi connectivity index (χ0n) is 10.1. The highest BCUT2D eigenvalue weighted by molar-refractivity contribution is 7.92. The third kappa shape index (κ3) is 2.66. The molecule has 0 fully saturated rings. The Morgan fingerprint density at radius 1 is 1.37 bits per heavy atom. The van der Waals surface area contributed by atoms with Gasteiger partial charge in [0.25, 0.3) is 10.0 Å². The van der Waals surface area contributed by atoms with Crippen LogP contribution in [-0.2, 0) is 10.0 Å². The van der Waals surface area contributed by atoms with Crippen molar-refractivity contribution in [1.82, 2.24) is 5.16 Å². The van der Waals surface area contributed by atoms with Crippen LogP contribution in [0.2, 0.25) is 5.02 Å². The molecule has 102 valence electrons. The molecule has 0 radical (unpaired) electrons. The lowest BCUT2D eigenvalue weighted by Gasteiger charge is -2.09. The normalized spacial score (nSPS) is 11.5. The van der Waals surface area contributed by atoms with Crippen molar-refractivity contribution in [1.29, 1.82) is 0 Å². The number of nitrogens with zero attached hydrogens (tertiary/aromatic N) is 1. The first-order valence-corrected chi connectivity index (χ1v) is 7.11. The maximum absolute atomic E-state index is 12.2. The molecule has 2 N–H and O–H groups in total. The molecule has 2 rings (SSSR count). The third-order valence-electron chi connectivity index (χ3n) is 2.43. The number of aromatic hydroxyl groups is 1. The quantitative estimate of drug-likeness (QED) is 0.850. The summed E-state index contributed by atoms with van der Waals surface area (Å²) < 4.78 is 31.6. The number of halogens is 1. The topological polar surface area (TPSA) is 92.4 Å². The molecule has 0 unspecified atom stereocenters. The van der Waals surface area contributed by atoms with Crippen LogP contribution in [0.1, 0.15) is 11.5 Å². The summed E-state index contributed by atoms with van der Waals surface area (Å²) in [5.41, 5.74) is 0.430. The molecule has 0 atom stereocenters. The van der Waals surface area contributed by atoms with Crippen molar-refractivity contribution in [3.63, 3.8) is 0 Å². The Labute approximate surface area is 115 Å². The number of sulfonamides is 1. The summed E-state index contributed by atoms with van der Waals surface area (Å²) in [6, 6.07) is 3.94. The van der Waals surface area contributed by atoms with E-state index in [4.69, 9.17) is 16.1 Å². The third-order valence-corrected chi connectivity index (χ3v) is 4.36. The summed E-state index contributed by atoms with van der Waals surface area (Å²) in [5.74, 6) is 0.144. The van der Waals surface area contributed by atoms with Crippen molar-refractivity contribution < 1.29 is 18.0 Å². The second kappa shape index (κ2) is 4.75. The molecule has 1 aromatic carbocycles. The Bertz CT molecular complexity index is 705. The molecule has 19 heavy (non-hydrogen) atoms. The van der Waals surface area contributed by atoms with E-state index in [1.54, 1.807) is 0 Å². The van der Waals surface area contributed by atoms with E-state index in [9.17, 15) is 13.5 Å². The van der Waals surface area contributed by atoms with Crippen LogP contribution >= 0.6 is 11.6 Å². The summed E-state index contributed by atoms with van der Waals surface area (Å²) >= 11 is 5.85. The Kier molecular flexibility index (Phi) is 3.42. The fourth-order valence-corrected chi connectivity index (χ4v) is 3.33. The molecular formula is C11H11ClN2O4S. The van der Waals surface area contributed by atoms with Gasteiger partial charge in [0, 0.05) is 6.07 Å². The first kappa shape index (κ1) is 13.7. The predicted octanol–water partition coefficient (Wildman–Crippen LogP) is 2.45. The molecule has 0 aliphatic rings. The minimum Gasteiger partial charge on any atom is -0.508 e. The molecule has 0 bridgehead atoms. The van der Waals surface area contributed by atoms with Crippen molar-refractivity contribution in [2.24, 2.45) is 0 Å². The van der Waals surface area contributed by atoms with Gasteiger partial charge in [0.2, 0.25) is 0 Å². The van der Waals surface area contributed by atoms with Crippen LogP contribution in [0.25, 0.3) is 0 Å². The van der Waals surface area contributed by atoms with Gasteiger partial charge < -0.3 is 9.63 Å². The number of benzene rings is 1. The van der Waals surface area contributed by atoms with Gasteiger partial charge in [-0.2, -0.15) is 0 Å². The Morgan fingerprint density at radius 2 is 2.05 bits per heavy atom. The summed E-state index contributed by atoms with van der Waals surface area (Å²) in [5, 5.41) is 12.9. The Balaban J connectivity index is 2.42. The standard InChI is InChI=1S/C11H11ClN2O4S/c1-6-11(7(2)18-13-6)19(16,17)14-10-4-3-8(15)5-9(10)12/h3-5,14-15H,1-2H3. The van der Waals surface area contributed by atoms with E-state index in [2.05, 4.69) is 9.88 Å². The van der Waals surface area contributed by atoms with Gasteiger partial charge in [-0.25, -0.2) is 8.42 Å². The van der Waals surface area contributed by atoms with Crippen LogP contribution in [0, 0.1) is 13.8 Å². The van der Waals surface area contributed by atoms with Crippen LogP contribution < -0.4 is 4.72 Å². The Hall–Kier alpha value is -1.73. The highest BCUT2D eigenvalue weighted by atomic mass is 35.5. The molecule has 1 heterocycles. The van der Waals surface area contributed by atoms with E-state index in [-0.39, 0.29) is 32.8 Å². The van der Waals surface area contributed by atoms with Crippen LogP contribution in [0.3, 0.4) is 0 Å². The van der Waals surface area contributed by atoms with Crippen LogP contribution in [-0.4, -0.2) is 18.7 Å². The number of anilines is 1. The molecule has 2 aromatic rings. The number of phenolic OH excluding ortho intramolecular Hbond substituents is 1. The summed E-state index contributed by atoms with van der Waals surface area (Å²) in [6.45, 7) is 3.04. The molecule has 1 aromatic heterocycles. The van der Waals surface area contributed by atoms with Crippen molar-refractivity contribution in [2.75, 3.05) is 4.72 Å². The second-order valence-electron chi connectivity index (χ2n) is 3.92. The molecule has 0 amide bonds. The fourth-order valence-electron chi connectivity index (χ4n) is 1.64. The van der Waals surface area contributed by atoms with Crippen molar-refractivity contribution >= 4 is 27.3 Å². The first-order chi connectivity index (χ1) is 8.81. The lowest BCUT2D eigenvalue weighted by Crippen LogP contribution is -2.14. The van der Waals surface area contributed by atoms with Crippen molar-refractivity contribution in [2.45, 2.75) is 18.7 Å². The average Bonchev–Trinajstić information content (AvgIpc) is 2.63. The van der Waals surface area contributed by atoms with E-state index in [1.807, 2.05) is 0 Å². The molecular weight excluding hydrogens is 292 g/mol. The van der Waals surface area contributed by atoms with E-state index in [0.29, 0.717) is 0 Å².